The van der Waals surface area contributed by atoms with Crippen LogP contribution in [-0.4, -0.2) is 28.2 Å². The Kier molecular flexibility index (Phi) is 5.59. The van der Waals surface area contributed by atoms with Crippen LogP contribution in [0.25, 0.3) is 11.0 Å². The Morgan fingerprint density at radius 2 is 2.04 bits per heavy atom. The Morgan fingerprint density at radius 3 is 2.62 bits per heavy atom. The molecule has 2 aromatic rings. The van der Waals surface area contributed by atoms with E-state index in [-0.39, 0.29) is 23.6 Å². The summed E-state index contributed by atoms with van der Waals surface area (Å²) in [6.45, 7) is 10.8. The molecule has 0 bridgehead atoms. The van der Waals surface area contributed by atoms with Crippen molar-refractivity contribution in [2.24, 2.45) is 5.92 Å². The van der Waals surface area contributed by atoms with Gasteiger partial charge in [0.05, 0.1) is 23.9 Å². The maximum atomic E-state index is 12.7. The second kappa shape index (κ2) is 7.47. The van der Waals surface area contributed by atoms with E-state index in [2.05, 4.69) is 31.1 Å². The lowest BCUT2D eigenvalue weighted by atomic mass is 10.1. The molecule has 6 nitrogen and oxygen atoms in total. The summed E-state index contributed by atoms with van der Waals surface area (Å²) in [6, 6.07) is 2.00. The lowest BCUT2D eigenvalue weighted by Gasteiger charge is -2.19. The lowest BCUT2D eigenvalue weighted by Crippen LogP contribution is -2.23. The van der Waals surface area contributed by atoms with Crippen LogP contribution in [-0.2, 0) is 11.3 Å². The van der Waals surface area contributed by atoms with Crippen molar-refractivity contribution < 1.29 is 9.53 Å². The van der Waals surface area contributed by atoms with Crippen LogP contribution >= 0.6 is 0 Å². The summed E-state index contributed by atoms with van der Waals surface area (Å²) in [5.41, 5.74) is 1.03. The molecule has 0 aliphatic heterocycles. The van der Waals surface area contributed by atoms with Crippen LogP contribution in [0.2, 0.25) is 0 Å². The lowest BCUT2D eigenvalue weighted by molar-refractivity contribution is 0.0524. The van der Waals surface area contributed by atoms with Gasteiger partial charge in [0.25, 0.3) is 0 Å². The number of hydrogen-bond acceptors (Lipinski definition) is 5. The Labute approximate surface area is 141 Å². The largest absolute Gasteiger partial charge is 0.462 e. The molecule has 0 radical (unpaired) electrons. The van der Waals surface area contributed by atoms with Crippen molar-refractivity contribution in [2.45, 2.75) is 47.2 Å². The van der Waals surface area contributed by atoms with Gasteiger partial charge in [-0.3, -0.25) is 4.79 Å². The number of hydrogen-bond donors (Lipinski definition) is 1. The van der Waals surface area contributed by atoms with Gasteiger partial charge in [-0.15, -0.1) is 0 Å². The molecule has 2 aromatic heterocycles. The monoisotopic (exact) mass is 331 g/mol. The average molecular weight is 331 g/mol. The number of fused-ring (bicyclic) bond motifs is 1. The highest BCUT2D eigenvalue weighted by atomic mass is 16.5. The Bertz CT molecular complexity index is 796. The van der Waals surface area contributed by atoms with Gasteiger partial charge in [-0.2, -0.15) is 0 Å². The maximum absolute atomic E-state index is 12.7. The summed E-state index contributed by atoms with van der Waals surface area (Å²) in [6.07, 6.45) is 3.25. The van der Waals surface area contributed by atoms with Crippen LogP contribution in [0.1, 0.15) is 45.0 Å². The molecule has 6 heteroatoms. The van der Waals surface area contributed by atoms with Gasteiger partial charge in [0, 0.05) is 18.8 Å². The molecule has 2 rings (SSSR count). The van der Waals surface area contributed by atoms with E-state index in [1.807, 2.05) is 6.92 Å². The zero-order chi connectivity index (χ0) is 17.9. The number of nitrogens with zero attached hydrogens (tertiary/aromatic N) is 2. The zero-order valence-electron chi connectivity index (χ0n) is 14.9. The third-order valence-corrected chi connectivity index (χ3v) is 4.14. The first-order valence-corrected chi connectivity index (χ1v) is 8.35. The molecule has 24 heavy (non-hydrogen) atoms. The molecule has 0 aromatic carbocycles. The van der Waals surface area contributed by atoms with Gasteiger partial charge in [0.2, 0.25) is 5.43 Å². The molecule has 1 N–H and O–H groups in total. The minimum absolute atomic E-state index is 0.0436. The summed E-state index contributed by atoms with van der Waals surface area (Å²) in [5, 5.41) is 3.76. The number of pyridine rings is 2. The Hall–Kier alpha value is -2.37. The summed E-state index contributed by atoms with van der Waals surface area (Å²) in [5.74, 6) is -0.153. The third kappa shape index (κ3) is 3.58. The molecule has 1 atom stereocenters. The first kappa shape index (κ1) is 18.0. The minimum Gasteiger partial charge on any atom is -0.462 e. The number of carbonyl (C=O) groups is 1. The number of ether oxygens (including phenoxy) is 1. The normalized spacial score (nSPS) is 12.4. The standard InChI is InChI=1S/C18H25N3O3/c1-6-21-10-15(18(23)24-7-2)16(22)14-8-13(9-19-17(14)21)20-12(5)11(3)4/h8-12,20H,6-7H2,1-5H3. The van der Waals surface area contributed by atoms with Crippen molar-refractivity contribution >= 4 is 22.7 Å². The zero-order valence-corrected chi connectivity index (χ0v) is 14.9. The third-order valence-electron chi connectivity index (χ3n) is 4.14. The molecule has 0 aliphatic rings. The Balaban J connectivity index is 2.58. The Morgan fingerprint density at radius 1 is 1.33 bits per heavy atom. The second-order valence-electron chi connectivity index (χ2n) is 6.15. The summed E-state index contributed by atoms with van der Waals surface area (Å²) in [7, 11) is 0. The molecular weight excluding hydrogens is 306 g/mol. The number of aryl methyl sites for hydroxylation is 1. The van der Waals surface area contributed by atoms with Crippen LogP contribution in [0.3, 0.4) is 0 Å². The van der Waals surface area contributed by atoms with E-state index in [4.69, 9.17) is 4.74 Å². The number of aromatic nitrogens is 2. The molecular formula is C18H25N3O3. The summed E-state index contributed by atoms with van der Waals surface area (Å²) >= 11 is 0. The second-order valence-corrected chi connectivity index (χ2v) is 6.15. The first-order valence-electron chi connectivity index (χ1n) is 8.35. The van der Waals surface area contributed by atoms with Crippen molar-refractivity contribution in [1.82, 2.24) is 9.55 Å². The summed E-state index contributed by atoms with van der Waals surface area (Å²) in [4.78, 5) is 29.2. The predicted octanol–water partition coefficient (Wildman–Crippen LogP) is 3.05. The van der Waals surface area contributed by atoms with E-state index in [1.165, 1.54) is 6.20 Å². The van der Waals surface area contributed by atoms with Crippen LogP contribution in [0.4, 0.5) is 5.69 Å². The molecule has 0 aliphatic carbocycles. The summed E-state index contributed by atoms with van der Waals surface area (Å²) < 4.78 is 6.79. The van der Waals surface area contributed by atoms with Crippen molar-refractivity contribution in [3.05, 3.63) is 34.2 Å². The average Bonchev–Trinajstić information content (AvgIpc) is 2.55. The first-order chi connectivity index (χ1) is 11.4. The fourth-order valence-corrected chi connectivity index (χ4v) is 2.38. The van der Waals surface area contributed by atoms with E-state index in [0.29, 0.717) is 23.5 Å². The van der Waals surface area contributed by atoms with Crippen LogP contribution in [0.5, 0.6) is 0 Å². The smallest absolute Gasteiger partial charge is 0.343 e. The maximum Gasteiger partial charge on any atom is 0.343 e. The highest BCUT2D eigenvalue weighted by Crippen LogP contribution is 2.17. The molecule has 0 saturated heterocycles. The van der Waals surface area contributed by atoms with E-state index in [9.17, 15) is 9.59 Å². The molecule has 0 amide bonds. The van der Waals surface area contributed by atoms with Crippen molar-refractivity contribution in [2.75, 3.05) is 11.9 Å². The van der Waals surface area contributed by atoms with E-state index in [0.717, 1.165) is 5.69 Å². The predicted molar refractivity (Wildman–Crippen MR) is 95.6 cm³/mol. The van der Waals surface area contributed by atoms with Crippen LogP contribution < -0.4 is 10.7 Å². The number of rotatable bonds is 6. The van der Waals surface area contributed by atoms with Gasteiger partial charge >= 0.3 is 5.97 Å². The topological polar surface area (TPSA) is 73.2 Å². The van der Waals surface area contributed by atoms with E-state index >= 15 is 0 Å². The SMILES string of the molecule is CCOC(=O)c1cn(CC)c2ncc(NC(C)C(C)C)cc2c1=O. The molecule has 2 heterocycles. The van der Waals surface area contributed by atoms with E-state index < -0.39 is 5.97 Å². The van der Waals surface area contributed by atoms with Gasteiger partial charge in [-0.05, 0) is 32.8 Å². The number of esters is 1. The van der Waals surface area contributed by atoms with Crippen molar-refractivity contribution in [3.63, 3.8) is 0 Å². The fraction of sp³-hybridized carbons (Fsp3) is 0.500. The fourth-order valence-electron chi connectivity index (χ4n) is 2.38. The molecule has 130 valence electrons. The molecule has 0 spiro atoms. The van der Waals surface area contributed by atoms with Gasteiger partial charge in [-0.1, -0.05) is 13.8 Å². The quantitative estimate of drug-likeness (QED) is 0.824. The molecule has 0 fully saturated rings. The van der Waals surface area contributed by atoms with E-state index in [1.54, 1.807) is 23.8 Å². The minimum atomic E-state index is -0.597. The van der Waals surface area contributed by atoms with Gasteiger partial charge in [0.15, 0.2) is 0 Å². The number of anilines is 1. The van der Waals surface area contributed by atoms with Gasteiger partial charge < -0.3 is 14.6 Å². The van der Waals surface area contributed by atoms with Crippen LogP contribution in [0, 0.1) is 5.92 Å². The molecule has 0 saturated carbocycles. The van der Waals surface area contributed by atoms with Crippen molar-refractivity contribution in [3.8, 4) is 0 Å². The van der Waals surface area contributed by atoms with Gasteiger partial charge in [-0.25, -0.2) is 9.78 Å². The van der Waals surface area contributed by atoms with Crippen molar-refractivity contribution in [1.29, 1.82) is 0 Å². The number of nitrogens with one attached hydrogen (secondary N) is 1. The highest BCUT2D eigenvalue weighted by Gasteiger charge is 2.17. The van der Waals surface area contributed by atoms with Crippen LogP contribution in [0.15, 0.2) is 23.3 Å². The highest BCUT2D eigenvalue weighted by molar-refractivity contribution is 5.93. The number of carbonyl (C=O) groups excluding carboxylic acids is 1. The van der Waals surface area contributed by atoms with Gasteiger partial charge in [0.1, 0.15) is 11.2 Å². The molecule has 1 unspecified atom stereocenters.